The van der Waals surface area contributed by atoms with Gasteiger partial charge in [-0.1, -0.05) is 37.1 Å². The maximum absolute atomic E-state index is 13.1. The van der Waals surface area contributed by atoms with Crippen LogP contribution in [0.2, 0.25) is 0 Å². The molecular weight excluding hydrogens is 422 g/mol. The zero-order valence-corrected chi connectivity index (χ0v) is 19.6. The fourth-order valence-electron chi connectivity index (χ4n) is 4.36. The number of rotatable bonds is 8. The van der Waals surface area contributed by atoms with E-state index in [4.69, 9.17) is 4.74 Å². The van der Waals surface area contributed by atoms with Crippen LogP contribution in [0.15, 0.2) is 30.3 Å². The van der Waals surface area contributed by atoms with Crippen LogP contribution in [0.3, 0.4) is 0 Å². The standard InChI is InChI=1S/C21H33N3O4S2/c1-3-17-30(26,27)23-13-11-22(12-14-23)21(9-15-28-16-10-21)18-24(29-2)20(25)19-7-5-4-6-8-19/h4-8H,3,9-18H2,1-2H3. The van der Waals surface area contributed by atoms with Crippen LogP contribution in [0, 0.1) is 0 Å². The van der Waals surface area contributed by atoms with Gasteiger partial charge in [-0.3, -0.25) is 14.0 Å². The fourth-order valence-corrected chi connectivity index (χ4v) is 6.50. The first kappa shape index (κ1) is 23.5. The Morgan fingerprint density at radius 1 is 1.13 bits per heavy atom. The van der Waals surface area contributed by atoms with E-state index in [9.17, 15) is 13.2 Å². The van der Waals surface area contributed by atoms with Crippen molar-refractivity contribution in [2.75, 3.05) is 57.9 Å². The van der Waals surface area contributed by atoms with Crippen molar-refractivity contribution >= 4 is 27.9 Å². The van der Waals surface area contributed by atoms with E-state index >= 15 is 0 Å². The molecule has 9 heteroatoms. The Labute approximate surface area is 184 Å². The number of piperazine rings is 1. The first-order chi connectivity index (χ1) is 14.4. The van der Waals surface area contributed by atoms with Gasteiger partial charge < -0.3 is 4.74 Å². The maximum Gasteiger partial charge on any atom is 0.263 e. The van der Waals surface area contributed by atoms with Crippen molar-refractivity contribution in [3.63, 3.8) is 0 Å². The van der Waals surface area contributed by atoms with E-state index in [1.54, 1.807) is 4.31 Å². The van der Waals surface area contributed by atoms with Gasteiger partial charge in [-0.2, -0.15) is 4.31 Å². The number of hydrogen-bond acceptors (Lipinski definition) is 6. The lowest BCUT2D eigenvalue weighted by atomic mass is 9.87. The molecular formula is C21H33N3O4S2. The van der Waals surface area contributed by atoms with Crippen LogP contribution in [-0.4, -0.2) is 91.3 Å². The average Bonchev–Trinajstić information content (AvgIpc) is 2.78. The highest BCUT2D eigenvalue weighted by molar-refractivity contribution is 7.96. The van der Waals surface area contributed by atoms with Crippen molar-refractivity contribution in [1.29, 1.82) is 0 Å². The largest absolute Gasteiger partial charge is 0.381 e. The summed E-state index contributed by atoms with van der Waals surface area (Å²) in [6.45, 7) is 6.22. The van der Waals surface area contributed by atoms with E-state index in [1.807, 2.05) is 47.8 Å². The molecule has 0 aromatic heterocycles. The maximum atomic E-state index is 13.1. The molecule has 2 saturated heterocycles. The van der Waals surface area contributed by atoms with E-state index < -0.39 is 10.0 Å². The third-order valence-corrected chi connectivity index (χ3v) is 8.91. The molecule has 1 aromatic rings. The van der Waals surface area contributed by atoms with Crippen molar-refractivity contribution in [2.45, 2.75) is 31.7 Å². The normalized spacial score (nSPS) is 20.7. The minimum absolute atomic E-state index is 0.0122. The third kappa shape index (κ3) is 5.37. The van der Waals surface area contributed by atoms with Crippen LogP contribution in [-0.2, 0) is 14.8 Å². The lowest BCUT2D eigenvalue weighted by Crippen LogP contribution is -2.63. The number of hydrogen-bond donors (Lipinski definition) is 0. The first-order valence-electron chi connectivity index (χ1n) is 10.6. The van der Waals surface area contributed by atoms with Crippen molar-refractivity contribution in [3.8, 4) is 0 Å². The van der Waals surface area contributed by atoms with Crippen LogP contribution < -0.4 is 0 Å². The lowest BCUT2D eigenvalue weighted by Gasteiger charge is -2.50. The molecule has 0 saturated carbocycles. The van der Waals surface area contributed by atoms with Gasteiger partial charge in [0, 0.05) is 56.8 Å². The quantitative estimate of drug-likeness (QED) is 0.561. The van der Waals surface area contributed by atoms with Crippen LogP contribution in [0.25, 0.3) is 0 Å². The Bertz CT molecular complexity index is 790. The minimum Gasteiger partial charge on any atom is -0.381 e. The highest BCUT2D eigenvalue weighted by atomic mass is 32.2. The molecule has 2 fully saturated rings. The first-order valence-corrected chi connectivity index (χ1v) is 13.4. The van der Waals surface area contributed by atoms with Crippen LogP contribution in [0.4, 0.5) is 0 Å². The number of carbonyl (C=O) groups is 1. The molecule has 1 aromatic carbocycles. The van der Waals surface area contributed by atoms with Gasteiger partial charge in [-0.25, -0.2) is 8.42 Å². The molecule has 30 heavy (non-hydrogen) atoms. The molecule has 1 amide bonds. The van der Waals surface area contributed by atoms with Crippen LogP contribution in [0.1, 0.15) is 36.5 Å². The van der Waals surface area contributed by atoms with Gasteiger partial charge in [0.2, 0.25) is 10.0 Å². The summed E-state index contributed by atoms with van der Waals surface area (Å²) < 4.78 is 34.0. The number of benzene rings is 1. The van der Waals surface area contributed by atoms with E-state index in [2.05, 4.69) is 4.90 Å². The highest BCUT2D eigenvalue weighted by Crippen LogP contribution is 2.32. The molecule has 2 heterocycles. The van der Waals surface area contributed by atoms with E-state index in [1.165, 1.54) is 11.9 Å². The smallest absolute Gasteiger partial charge is 0.263 e. The molecule has 0 atom stereocenters. The predicted molar refractivity (Wildman–Crippen MR) is 121 cm³/mol. The van der Waals surface area contributed by atoms with Gasteiger partial charge in [0.05, 0.1) is 12.3 Å². The predicted octanol–water partition coefficient (Wildman–Crippen LogP) is 2.31. The Morgan fingerprint density at radius 3 is 2.33 bits per heavy atom. The van der Waals surface area contributed by atoms with E-state index in [0.29, 0.717) is 57.9 Å². The molecule has 3 rings (SSSR count). The summed E-state index contributed by atoms with van der Waals surface area (Å²) in [6.07, 6.45) is 4.25. The number of sulfonamides is 1. The minimum atomic E-state index is -3.17. The topological polar surface area (TPSA) is 70.2 Å². The fraction of sp³-hybridized carbons (Fsp3) is 0.667. The molecule has 7 nitrogen and oxygen atoms in total. The highest BCUT2D eigenvalue weighted by Gasteiger charge is 2.43. The summed E-state index contributed by atoms with van der Waals surface area (Å²) in [7, 11) is -3.17. The second-order valence-corrected chi connectivity index (χ2v) is 10.8. The van der Waals surface area contributed by atoms with Crippen LogP contribution >= 0.6 is 11.9 Å². The van der Waals surface area contributed by atoms with E-state index in [0.717, 1.165) is 12.8 Å². The van der Waals surface area contributed by atoms with Crippen molar-refractivity contribution < 1.29 is 17.9 Å². The lowest BCUT2D eigenvalue weighted by molar-refractivity contribution is -0.0449. The Balaban J connectivity index is 1.74. The second kappa shape index (κ2) is 10.5. The van der Waals surface area contributed by atoms with Gasteiger partial charge in [-0.15, -0.1) is 0 Å². The Kier molecular flexibility index (Phi) is 8.20. The number of amides is 1. The summed E-state index contributed by atoms with van der Waals surface area (Å²) in [5.74, 6) is 0.218. The number of carbonyl (C=O) groups excluding carboxylic acids is 1. The van der Waals surface area contributed by atoms with Crippen molar-refractivity contribution in [3.05, 3.63) is 35.9 Å². The summed E-state index contributed by atoms with van der Waals surface area (Å²) in [5.41, 5.74) is 0.497. The molecule has 0 N–H and O–H groups in total. The SMILES string of the molecule is CCCS(=O)(=O)N1CCN(C2(CN(SC)C(=O)c3ccccc3)CCOCC2)CC1. The summed E-state index contributed by atoms with van der Waals surface area (Å²) in [6, 6.07) is 9.36. The molecule has 2 aliphatic rings. The molecule has 0 bridgehead atoms. The van der Waals surface area contributed by atoms with E-state index in [-0.39, 0.29) is 17.2 Å². The molecule has 168 valence electrons. The number of ether oxygens (including phenoxy) is 1. The molecule has 0 aliphatic carbocycles. The zero-order chi connectivity index (χ0) is 21.6. The zero-order valence-electron chi connectivity index (χ0n) is 18.0. The monoisotopic (exact) mass is 455 g/mol. The van der Waals surface area contributed by atoms with Gasteiger partial charge in [0.1, 0.15) is 0 Å². The molecule has 0 spiro atoms. The summed E-state index contributed by atoms with van der Waals surface area (Å²) in [5, 5.41) is 0. The molecule has 0 unspecified atom stereocenters. The Morgan fingerprint density at radius 2 is 1.77 bits per heavy atom. The van der Waals surface area contributed by atoms with Gasteiger partial charge in [0.15, 0.2) is 0 Å². The van der Waals surface area contributed by atoms with Crippen LogP contribution in [0.5, 0.6) is 0 Å². The average molecular weight is 456 g/mol. The number of nitrogens with zero attached hydrogens (tertiary/aromatic N) is 3. The van der Waals surface area contributed by atoms with Gasteiger partial charge >= 0.3 is 0 Å². The van der Waals surface area contributed by atoms with Crippen molar-refractivity contribution in [2.24, 2.45) is 0 Å². The summed E-state index contributed by atoms with van der Waals surface area (Å²) in [4.78, 5) is 15.5. The van der Waals surface area contributed by atoms with Gasteiger partial charge in [0.25, 0.3) is 5.91 Å². The van der Waals surface area contributed by atoms with Gasteiger partial charge in [-0.05, 0) is 31.4 Å². The Hall–Kier alpha value is -1.13. The summed E-state index contributed by atoms with van der Waals surface area (Å²) >= 11 is 1.45. The third-order valence-electron chi connectivity index (χ3n) is 6.09. The molecule has 2 aliphatic heterocycles. The molecule has 0 radical (unpaired) electrons. The second-order valence-electron chi connectivity index (χ2n) is 7.93. The van der Waals surface area contributed by atoms with Crippen molar-refractivity contribution in [1.82, 2.24) is 13.5 Å².